The monoisotopic (exact) mass is 380 g/mol. The molecule has 0 aromatic heterocycles. The first-order chi connectivity index (χ1) is 12.4. The number of benzene rings is 1. The Morgan fingerprint density at radius 2 is 1.69 bits per heavy atom. The number of piperidine rings is 1. The highest BCUT2D eigenvalue weighted by atomic mass is 35.5. The summed E-state index contributed by atoms with van der Waals surface area (Å²) in [4.78, 5) is 27.3. The van der Waals surface area contributed by atoms with Crippen LogP contribution in [0.1, 0.15) is 37.0 Å². The molecule has 2 amide bonds. The maximum absolute atomic E-state index is 13.0. The van der Waals surface area contributed by atoms with Gasteiger partial charge >= 0.3 is 0 Å². The Morgan fingerprint density at radius 3 is 2.23 bits per heavy atom. The van der Waals surface area contributed by atoms with Crippen LogP contribution in [0, 0.1) is 5.92 Å². The zero-order valence-corrected chi connectivity index (χ0v) is 15.9. The first-order valence-electron chi connectivity index (χ1n) is 9.03. The van der Waals surface area contributed by atoms with Crippen LogP contribution in [0.2, 0.25) is 5.02 Å². The second-order valence-corrected chi connectivity index (χ2v) is 7.57. The fourth-order valence-corrected chi connectivity index (χ4v) is 3.52. The van der Waals surface area contributed by atoms with E-state index in [1.54, 1.807) is 29.2 Å². The van der Waals surface area contributed by atoms with Crippen LogP contribution >= 0.6 is 11.6 Å². The van der Waals surface area contributed by atoms with Gasteiger partial charge in [0.25, 0.3) is 5.91 Å². The summed E-state index contributed by atoms with van der Waals surface area (Å²) in [5, 5.41) is 3.44. The average molecular weight is 381 g/mol. The summed E-state index contributed by atoms with van der Waals surface area (Å²) in [5.74, 6) is -0.871. The van der Waals surface area contributed by atoms with Gasteiger partial charge in [-0.15, -0.1) is 0 Å². The van der Waals surface area contributed by atoms with Crippen molar-refractivity contribution in [1.82, 2.24) is 10.2 Å². The molecule has 7 heteroatoms. The summed E-state index contributed by atoms with van der Waals surface area (Å²) in [6.45, 7) is 6.22. The SMILES string of the molecule is CC(C)C(NC(=O)c1ccc(Cl)cc1)C(=O)N1CCC2(CC1)OCCO2. The molecular formula is C19H25ClN2O4. The zero-order chi connectivity index (χ0) is 18.7. The number of carbonyl (C=O) groups is 2. The normalized spacial score (nSPS) is 20.4. The zero-order valence-electron chi connectivity index (χ0n) is 15.2. The van der Waals surface area contributed by atoms with E-state index in [2.05, 4.69) is 5.32 Å². The molecule has 0 radical (unpaired) electrons. The Labute approximate surface area is 158 Å². The van der Waals surface area contributed by atoms with Crippen LogP contribution in [-0.4, -0.2) is 54.8 Å². The number of likely N-dealkylation sites (tertiary alicyclic amines) is 1. The molecule has 6 nitrogen and oxygen atoms in total. The quantitative estimate of drug-likeness (QED) is 0.871. The van der Waals surface area contributed by atoms with Crippen LogP contribution in [0.3, 0.4) is 0 Å². The minimum absolute atomic E-state index is 0.0198. The minimum Gasteiger partial charge on any atom is -0.347 e. The van der Waals surface area contributed by atoms with E-state index in [0.29, 0.717) is 49.7 Å². The second kappa shape index (κ2) is 7.94. The lowest BCUT2D eigenvalue weighted by atomic mass is 9.98. The van der Waals surface area contributed by atoms with E-state index in [0.717, 1.165) is 0 Å². The molecule has 1 unspecified atom stereocenters. The Balaban J connectivity index is 1.63. The molecule has 1 atom stereocenters. The van der Waals surface area contributed by atoms with E-state index in [4.69, 9.17) is 21.1 Å². The molecule has 2 aliphatic rings. The smallest absolute Gasteiger partial charge is 0.251 e. The number of rotatable bonds is 4. The third-order valence-corrected chi connectivity index (χ3v) is 5.23. The minimum atomic E-state index is -0.572. The van der Waals surface area contributed by atoms with Gasteiger partial charge in [-0.3, -0.25) is 9.59 Å². The van der Waals surface area contributed by atoms with E-state index < -0.39 is 11.8 Å². The standard InChI is InChI=1S/C19H25ClN2O4/c1-13(2)16(21-17(23)14-3-5-15(20)6-4-14)18(24)22-9-7-19(8-10-22)25-11-12-26-19/h3-6,13,16H,7-12H2,1-2H3,(H,21,23). The highest BCUT2D eigenvalue weighted by Crippen LogP contribution is 2.31. The van der Waals surface area contributed by atoms with E-state index in [1.165, 1.54) is 0 Å². The lowest BCUT2D eigenvalue weighted by Crippen LogP contribution is -2.55. The fraction of sp³-hybridized carbons (Fsp3) is 0.579. The van der Waals surface area contributed by atoms with Crippen LogP contribution in [0.15, 0.2) is 24.3 Å². The lowest BCUT2D eigenvalue weighted by molar-refractivity contribution is -0.188. The van der Waals surface area contributed by atoms with Crippen LogP contribution in [0.5, 0.6) is 0 Å². The number of nitrogens with zero attached hydrogens (tertiary/aromatic N) is 1. The molecule has 2 fully saturated rings. The highest BCUT2D eigenvalue weighted by molar-refractivity contribution is 6.30. The molecule has 1 spiro atoms. The largest absolute Gasteiger partial charge is 0.347 e. The van der Waals surface area contributed by atoms with Crippen molar-refractivity contribution >= 4 is 23.4 Å². The third kappa shape index (κ3) is 4.19. The van der Waals surface area contributed by atoms with Crippen molar-refractivity contribution in [1.29, 1.82) is 0 Å². The molecule has 1 aromatic carbocycles. The highest BCUT2D eigenvalue weighted by Gasteiger charge is 2.42. The predicted molar refractivity (Wildman–Crippen MR) is 98.0 cm³/mol. The second-order valence-electron chi connectivity index (χ2n) is 7.13. The summed E-state index contributed by atoms with van der Waals surface area (Å²) in [7, 11) is 0. The van der Waals surface area contributed by atoms with Gasteiger partial charge in [0.15, 0.2) is 5.79 Å². The van der Waals surface area contributed by atoms with E-state index >= 15 is 0 Å². The third-order valence-electron chi connectivity index (χ3n) is 4.98. The average Bonchev–Trinajstić information content (AvgIpc) is 3.08. The van der Waals surface area contributed by atoms with E-state index in [-0.39, 0.29) is 17.7 Å². The number of ether oxygens (including phenoxy) is 2. The van der Waals surface area contributed by atoms with E-state index in [9.17, 15) is 9.59 Å². The van der Waals surface area contributed by atoms with Gasteiger partial charge in [0.05, 0.1) is 13.2 Å². The van der Waals surface area contributed by atoms with Crippen molar-refractivity contribution < 1.29 is 19.1 Å². The van der Waals surface area contributed by atoms with Gasteiger partial charge in [-0.2, -0.15) is 0 Å². The summed E-state index contributed by atoms with van der Waals surface area (Å²) < 4.78 is 11.4. The molecule has 2 heterocycles. The van der Waals surface area contributed by atoms with Gasteiger partial charge in [-0.1, -0.05) is 25.4 Å². The summed E-state index contributed by atoms with van der Waals surface area (Å²) in [6, 6.07) is 6.05. The Bertz CT molecular complexity index is 646. The van der Waals surface area contributed by atoms with Crippen molar-refractivity contribution in [2.45, 2.75) is 38.5 Å². The Morgan fingerprint density at radius 1 is 1.12 bits per heavy atom. The van der Waals surface area contributed by atoms with Crippen molar-refractivity contribution in [3.63, 3.8) is 0 Å². The molecule has 1 N–H and O–H groups in total. The molecule has 2 saturated heterocycles. The Hall–Kier alpha value is -1.63. The number of amides is 2. The first kappa shape index (κ1) is 19.1. The molecule has 3 rings (SSSR count). The van der Waals surface area contributed by atoms with Crippen LogP contribution in [0.4, 0.5) is 0 Å². The molecular weight excluding hydrogens is 356 g/mol. The number of nitrogens with one attached hydrogen (secondary N) is 1. The van der Waals surface area contributed by atoms with Crippen molar-refractivity contribution in [3.8, 4) is 0 Å². The number of carbonyl (C=O) groups excluding carboxylic acids is 2. The molecule has 0 bridgehead atoms. The van der Waals surface area contributed by atoms with Crippen molar-refractivity contribution in [2.75, 3.05) is 26.3 Å². The molecule has 0 aliphatic carbocycles. The molecule has 2 aliphatic heterocycles. The fourth-order valence-electron chi connectivity index (χ4n) is 3.39. The maximum atomic E-state index is 13.0. The van der Waals surface area contributed by atoms with Crippen LogP contribution in [-0.2, 0) is 14.3 Å². The van der Waals surface area contributed by atoms with Gasteiger partial charge in [-0.05, 0) is 30.2 Å². The van der Waals surface area contributed by atoms with Gasteiger partial charge in [-0.25, -0.2) is 0 Å². The predicted octanol–water partition coefficient (Wildman–Crippen LogP) is 2.46. The van der Waals surface area contributed by atoms with Crippen molar-refractivity contribution in [3.05, 3.63) is 34.9 Å². The summed E-state index contributed by atoms with van der Waals surface area (Å²) in [6.07, 6.45) is 1.32. The van der Waals surface area contributed by atoms with Gasteiger partial charge in [0, 0.05) is 36.5 Å². The summed E-state index contributed by atoms with van der Waals surface area (Å²) >= 11 is 5.86. The first-order valence-corrected chi connectivity index (χ1v) is 9.41. The molecule has 26 heavy (non-hydrogen) atoms. The van der Waals surface area contributed by atoms with Gasteiger partial charge in [0.2, 0.25) is 5.91 Å². The molecule has 0 saturated carbocycles. The number of hydrogen-bond donors (Lipinski definition) is 1. The maximum Gasteiger partial charge on any atom is 0.251 e. The topological polar surface area (TPSA) is 67.9 Å². The molecule has 142 valence electrons. The Kier molecular flexibility index (Phi) is 5.85. The lowest BCUT2D eigenvalue weighted by Gasteiger charge is -2.39. The number of hydrogen-bond acceptors (Lipinski definition) is 4. The van der Waals surface area contributed by atoms with Crippen LogP contribution < -0.4 is 5.32 Å². The van der Waals surface area contributed by atoms with Crippen molar-refractivity contribution in [2.24, 2.45) is 5.92 Å². The van der Waals surface area contributed by atoms with E-state index in [1.807, 2.05) is 13.8 Å². The van der Waals surface area contributed by atoms with Gasteiger partial charge < -0.3 is 19.7 Å². The van der Waals surface area contributed by atoms with Gasteiger partial charge in [0.1, 0.15) is 6.04 Å². The van der Waals surface area contributed by atoms with Crippen LogP contribution in [0.25, 0.3) is 0 Å². The summed E-state index contributed by atoms with van der Waals surface area (Å²) in [5.41, 5.74) is 0.484. The molecule has 1 aromatic rings. The number of halogens is 1.